The van der Waals surface area contributed by atoms with E-state index < -0.39 is 27.4 Å². The van der Waals surface area contributed by atoms with Crippen molar-refractivity contribution >= 4 is 27.9 Å². The maximum Gasteiger partial charge on any atom is 0.303 e. The molecule has 1 aliphatic heterocycles. The molecule has 0 saturated carbocycles. The number of piperazine rings is 1. The summed E-state index contributed by atoms with van der Waals surface area (Å²) >= 11 is 0. The van der Waals surface area contributed by atoms with Crippen LogP contribution in [0.3, 0.4) is 0 Å². The fourth-order valence-corrected chi connectivity index (χ4v) is 6.36. The number of aliphatic imine (C=N–C) groups is 1. The second-order valence-electron chi connectivity index (χ2n) is 11.2. The molecule has 0 aliphatic carbocycles. The number of guanidine groups is 1. The van der Waals surface area contributed by atoms with Gasteiger partial charge in [-0.15, -0.1) is 0 Å². The summed E-state index contributed by atoms with van der Waals surface area (Å²) in [7, 11) is -4.04. The van der Waals surface area contributed by atoms with E-state index in [4.69, 9.17) is 16.6 Å². The smallest absolute Gasteiger partial charge is 0.303 e. The third-order valence-electron chi connectivity index (χ3n) is 7.70. The predicted molar refractivity (Wildman–Crippen MR) is 164 cm³/mol. The van der Waals surface area contributed by atoms with Crippen molar-refractivity contribution < 1.29 is 23.1 Å². The SMILES string of the molecule is CC(C)(c1ccccc1)c1cccc(S(=O)(=O)N[C@@H](CCCN=C(N)N)C(=O)N2CCN(CCCCC(=O)O)CC2)c1. The van der Waals surface area contributed by atoms with Crippen LogP contribution in [0.25, 0.3) is 0 Å². The molecule has 3 rings (SSSR count). The predicted octanol–water partition coefficient (Wildman–Crippen LogP) is 2.11. The van der Waals surface area contributed by atoms with Gasteiger partial charge in [-0.05, 0) is 55.5 Å². The van der Waals surface area contributed by atoms with Crippen molar-refractivity contribution in [2.24, 2.45) is 16.5 Å². The molecule has 1 fully saturated rings. The Morgan fingerprint density at radius 1 is 0.976 bits per heavy atom. The van der Waals surface area contributed by atoms with Gasteiger partial charge in [0.25, 0.3) is 0 Å². The number of unbranched alkanes of at least 4 members (excludes halogenated alkanes) is 1. The fourth-order valence-electron chi connectivity index (χ4n) is 5.09. The number of amides is 1. The van der Waals surface area contributed by atoms with Gasteiger partial charge in [0.05, 0.1) is 4.90 Å². The number of hydrogen-bond acceptors (Lipinski definition) is 6. The zero-order valence-electron chi connectivity index (χ0n) is 24.5. The summed E-state index contributed by atoms with van der Waals surface area (Å²) in [5.41, 5.74) is 12.3. The number of sulfonamides is 1. The van der Waals surface area contributed by atoms with Crippen LogP contribution in [0.5, 0.6) is 0 Å². The first-order chi connectivity index (χ1) is 19.9. The van der Waals surface area contributed by atoms with E-state index in [0.717, 1.165) is 24.1 Å². The normalized spacial score (nSPS) is 15.2. The maximum absolute atomic E-state index is 13.6. The molecular weight excluding hydrogens is 556 g/mol. The molecule has 0 aromatic heterocycles. The molecule has 1 atom stereocenters. The fraction of sp³-hybridized carbons (Fsp3) is 0.500. The van der Waals surface area contributed by atoms with Crippen molar-refractivity contribution in [3.8, 4) is 0 Å². The Morgan fingerprint density at radius 2 is 1.64 bits per heavy atom. The molecule has 0 bridgehead atoms. The molecule has 1 saturated heterocycles. The highest BCUT2D eigenvalue weighted by molar-refractivity contribution is 7.89. The van der Waals surface area contributed by atoms with Crippen LogP contribution in [0, 0.1) is 0 Å². The summed E-state index contributed by atoms with van der Waals surface area (Å²) in [5.74, 6) is -1.14. The molecular formula is C30H44N6O5S. The molecule has 6 N–H and O–H groups in total. The van der Waals surface area contributed by atoms with E-state index >= 15 is 0 Å². The van der Waals surface area contributed by atoms with E-state index in [1.54, 1.807) is 17.0 Å². The number of carboxylic acid groups (broad SMARTS) is 1. The summed E-state index contributed by atoms with van der Waals surface area (Å²) < 4.78 is 29.9. The Hall–Kier alpha value is -3.48. The Morgan fingerprint density at radius 3 is 2.29 bits per heavy atom. The number of hydrogen-bond donors (Lipinski definition) is 4. The van der Waals surface area contributed by atoms with Crippen LogP contribution in [0.15, 0.2) is 64.5 Å². The van der Waals surface area contributed by atoms with Crippen molar-refractivity contribution in [3.63, 3.8) is 0 Å². The minimum Gasteiger partial charge on any atom is -0.481 e. The lowest BCUT2D eigenvalue weighted by Crippen LogP contribution is -2.55. The highest BCUT2D eigenvalue weighted by atomic mass is 32.2. The van der Waals surface area contributed by atoms with Gasteiger partial charge in [0.15, 0.2) is 5.96 Å². The summed E-state index contributed by atoms with van der Waals surface area (Å²) in [6.07, 6.45) is 2.18. The molecule has 12 heteroatoms. The summed E-state index contributed by atoms with van der Waals surface area (Å²) in [6.45, 7) is 7.34. The topological polar surface area (TPSA) is 171 Å². The first-order valence-electron chi connectivity index (χ1n) is 14.4. The van der Waals surface area contributed by atoms with Gasteiger partial charge in [-0.3, -0.25) is 19.5 Å². The van der Waals surface area contributed by atoms with E-state index in [9.17, 15) is 18.0 Å². The number of carbonyl (C=O) groups excluding carboxylic acids is 1. The zero-order chi connectivity index (χ0) is 30.8. The van der Waals surface area contributed by atoms with E-state index in [1.165, 1.54) is 6.07 Å². The van der Waals surface area contributed by atoms with Crippen LogP contribution >= 0.6 is 0 Å². The largest absolute Gasteiger partial charge is 0.481 e. The van der Waals surface area contributed by atoms with E-state index in [1.807, 2.05) is 50.2 Å². The van der Waals surface area contributed by atoms with Gasteiger partial charge in [-0.25, -0.2) is 8.42 Å². The van der Waals surface area contributed by atoms with Crippen molar-refractivity contribution in [1.82, 2.24) is 14.5 Å². The number of benzene rings is 2. The number of aliphatic carboxylic acids is 1. The maximum atomic E-state index is 13.6. The number of carboxylic acids is 1. The summed E-state index contributed by atoms with van der Waals surface area (Å²) in [5, 5.41) is 8.83. The molecule has 1 aliphatic rings. The van der Waals surface area contributed by atoms with Gasteiger partial charge in [-0.1, -0.05) is 56.3 Å². The zero-order valence-corrected chi connectivity index (χ0v) is 25.4. The lowest BCUT2D eigenvalue weighted by molar-refractivity contribution is -0.137. The van der Waals surface area contributed by atoms with Gasteiger partial charge in [-0.2, -0.15) is 4.72 Å². The molecule has 0 spiro atoms. The number of carbonyl (C=O) groups is 2. The summed E-state index contributed by atoms with van der Waals surface area (Å²) in [4.78, 5) is 32.3. The van der Waals surface area contributed by atoms with Crippen molar-refractivity contribution in [1.29, 1.82) is 0 Å². The van der Waals surface area contributed by atoms with Crippen LogP contribution < -0.4 is 16.2 Å². The molecule has 0 unspecified atom stereocenters. The van der Waals surface area contributed by atoms with Crippen molar-refractivity contribution in [3.05, 3.63) is 65.7 Å². The Balaban J connectivity index is 1.73. The molecule has 0 radical (unpaired) electrons. The third-order valence-corrected chi connectivity index (χ3v) is 9.17. The monoisotopic (exact) mass is 600 g/mol. The molecule has 2 aromatic rings. The second kappa shape index (κ2) is 15.1. The van der Waals surface area contributed by atoms with Gasteiger partial charge in [0, 0.05) is 44.6 Å². The minimum absolute atomic E-state index is 0.0595. The van der Waals surface area contributed by atoms with Gasteiger partial charge in [0.1, 0.15) is 6.04 Å². The minimum atomic E-state index is -4.04. The van der Waals surface area contributed by atoms with Crippen molar-refractivity contribution in [2.45, 2.75) is 62.3 Å². The van der Waals surface area contributed by atoms with Gasteiger partial charge < -0.3 is 21.5 Å². The van der Waals surface area contributed by atoms with Gasteiger partial charge in [0.2, 0.25) is 15.9 Å². The first kappa shape index (κ1) is 33.0. The molecule has 1 amide bonds. The Kier molecular flexibility index (Phi) is 11.9. The standard InChI is InChI=1S/C30H44N6O5S/c1-30(2,23-10-4-3-5-11-23)24-12-8-13-25(22-24)42(40,41)34-26(14-9-16-33-29(31)32)28(39)36-20-18-35(19-21-36)17-7-6-15-27(37)38/h3-5,8,10-13,22,26,34H,6-7,9,14-21H2,1-2H3,(H,37,38)(H4,31,32,33)/t26-/m0/s1. The van der Waals surface area contributed by atoms with Crippen LogP contribution in [-0.4, -0.2) is 86.5 Å². The molecule has 42 heavy (non-hydrogen) atoms. The lowest BCUT2D eigenvalue weighted by atomic mass is 9.78. The second-order valence-corrected chi connectivity index (χ2v) is 12.9. The van der Waals surface area contributed by atoms with Crippen LogP contribution in [-0.2, 0) is 25.0 Å². The van der Waals surface area contributed by atoms with Crippen LogP contribution in [0.2, 0.25) is 0 Å². The van der Waals surface area contributed by atoms with Crippen LogP contribution in [0.1, 0.15) is 57.1 Å². The number of nitrogens with zero attached hydrogens (tertiary/aromatic N) is 3. The number of nitrogens with two attached hydrogens (primary N) is 2. The van der Waals surface area contributed by atoms with E-state index in [-0.39, 0.29) is 36.1 Å². The third kappa shape index (κ3) is 9.53. The number of rotatable bonds is 15. The summed E-state index contributed by atoms with van der Waals surface area (Å²) in [6, 6.07) is 15.7. The molecule has 230 valence electrons. The molecule has 11 nitrogen and oxygen atoms in total. The highest BCUT2D eigenvalue weighted by Gasteiger charge is 2.32. The average molecular weight is 601 g/mol. The Bertz CT molecular complexity index is 1320. The van der Waals surface area contributed by atoms with Crippen LogP contribution in [0.4, 0.5) is 0 Å². The van der Waals surface area contributed by atoms with E-state index in [0.29, 0.717) is 39.0 Å². The van der Waals surface area contributed by atoms with Gasteiger partial charge >= 0.3 is 5.97 Å². The average Bonchev–Trinajstić information content (AvgIpc) is 2.97. The highest BCUT2D eigenvalue weighted by Crippen LogP contribution is 2.32. The Labute approximate surface area is 249 Å². The first-order valence-corrected chi connectivity index (χ1v) is 15.8. The van der Waals surface area contributed by atoms with Crippen molar-refractivity contribution in [2.75, 3.05) is 39.3 Å². The molecule has 2 aromatic carbocycles. The lowest BCUT2D eigenvalue weighted by Gasteiger charge is -2.36. The quantitative estimate of drug-likeness (QED) is 0.137. The number of nitrogens with one attached hydrogen (secondary N) is 1. The van der Waals surface area contributed by atoms with E-state index in [2.05, 4.69) is 14.6 Å². The molecule has 1 heterocycles.